The number of nitrogens with zero attached hydrogens (tertiary/aromatic N) is 1. The molecule has 1 aromatic carbocycles. The molecule has 1 N–H and O–H groups in total. The standard InChI is InChI=1S/C14H19ClN2/c1-11(12-6-4-5-7-13(12)15)17-9-8-14(2,3)10-16/h4-7,11,17H,8-9H2,1-3H3. The Morgan fingerprint density at radius 1 is 1.41 bits per heavy atom. The lowest BCUT2D eigenvalue weighted by Gasteiger charge is -2.19. The normalized spacial score (nSPS) is 13.1. The van der Waals surface area contributed by atoms with E-state index < -0.39 is 0 Å². The van der Waals surface area contributed by atoms with Gasteiger partial charge in [0.2, 0.25) is 0 Å². The van der Waals surface area contributed by atoms with E-state index in [-0.39, 0.29) is 11.5 Å². The molecule has 1 rings (SSSR count). The van der Waals surface area contributed by atoms with Crippen LogP contribution in [0.1, 0.15) is 38.8 Å². The van der Waals surface area contributed by atoms with Gasteiger partial charge in [-0.2, -0.15) is 5.26 Å². The molecular weight excluding hydrogens is 232 g/mol. The number of nitriles is 1. The zero-order chi connectivity index (χ0) is 12.9. The predicted octanol–water partition coefficient (Wildman–Crippen LogP) is 3.93. The van der Waals surface area contributed by atoms with Gasteiger partial charge in [0.15, 0.2) is 0 Å². The molecule has 0 bridgehead atoms. The topological polar surface area (TPSA) is 35.8 Å². The third-order valence-electron chi connectivity index (χ3n) is 2.87. The molecule has 0 aliphatic rings. The van der Waals surface area contributed by atoms with E-state index in [1.807, 2.05) is 38.1 Å². The molecule has 17 heavy (non-hydrogen) atoms. The number of benzene rings is 1. The first kappa shape index (κ1) is 14.0. The van der Waals surface area contributed by atoms with E-state index in [9.17, 15) is 0 Å². The SMILES string of the molecule is CC(NCCC(C)(C)C#N)c1ccccc1Cl. The number of hydrogen-bond donors (Lipinski definition) is 1. The molecule has 1 aromatic rings. The summed E-state index contributed by atoms with van der Waals surface area (Å²) < 4.78 is 0. The second-order valence-corrected chi connectivity index (χ2v) is 5.35. The zero-order valence-corrected chi connectivity index (χ0v) is 11.4. The van der Waals surface area contributed by atoms with Crippen molar-refractivity contribution in [1.82, 2.24) is 5.32 Å². The lowest BCUT2D eigenvalue weighted by Crippen LogP contribution is -2.24. The average molecular weight is 251 g/mol. The fourth-order valence-corrected chi connectivity index (χ4v) is 1.89. The summed E-state index contributed by atoms with van der Waals surface area (Å²) in [6.07, 6.45) is 0.832. The summed E-state index contributed by atoms with van der Waals surface area (Å²) in [6, 6.07) is 10.3. The molecule has 1 atom stereocenters. The lowest BCUT2D eigenvalue weighted by molar-refractivity contribution is 0.416. The Morgan fingerprint density at radius 2 is 2.06 bits per heavy atom. The van der Waals surface area contributed by atoms with Crippen molar-refractivity contribution in [2.45, 2.75) is 33.2 Å². The maximum atomic E-state index is 8.92. The van der Waals surface area contributed by atoms with E-state index in [0.29, 0.717) is 0 Å². The van der Waals surface area contributed by atoms with Crippen molar-refractivity contribution < 1.29 is 0 Å². The highest BCUT2D eigenvalue weighted by Crippen LogP contribution is 2.23. The van der Waals surface area contributed by atoms with E-state index in [0.717, 1.165) is 23.6 Å². The molecule has 0 radical (unpaired) electrons. The molecule has 92 valence electrons. The highest BCUT2D eigenvalue weighted by Gasteiger charge is 2.16. The van der Waals surface area contributed by atoms with Gasteiger partial charge in [0.25, 0.3) is 0 Å². The van der Waals surface area contributed by atoms with Crippen LogP contribution in [0.25, 0.3) is 0 Å². The van der Waals surface area contributed by atoms with Crippen molar-refractivity contribution in [3.63, 3.8) is 0 Å². The van der Waals surface area contributed by atoms with E-state index >= 15 is 0 Å². The smallest absolute Gasteiger partial charge is 0.0684 e. The van der Waals surface area contributed by atoms with Crippen LogP contribution in [0.4, 0.5) is 0 Å². The Balaban J connectivity index is 2.49. The summed E-state index contributed by atoms with van der Waals surface area (Å²) in [6.45, 7) is 6.80. The van der Waals surface area contributed by atoms with Crippen LogP contribution in [0.5, 0.6) is 0 Å². The van der Waals surface area contributed by atoms with Gasteiger partial charge in [-0.25, -0.2) is 0 Å². The fourth-order valence-electron chi connectivity index (χ4n) is 1.59. The summed E-state index contributed by atoms with van der Waals surface area (Å²) in [5.74, 6) is 0. The Labute approximate surface area is 109 Å². The first-order valence-corrected chi connectivity index (χ1v) is 6.23. The van der Waals surface area contributed by atoms with E-state index in [4.69, 9.17) is 16.9 Å². The fraction of sp³-hybridized carbons (Fsp3) is 0.500. The Bertz CT molecular complexity index is 407. The van der Waals surface area contributed by atoms with Crippen LogP contribution < -0.4 is 5.32 Å². The van der Waals surface area contributed by atoms with Crippen LogP contribution in [0, 0.1) is 16.7 Å². The van der Waals surface area contributed by atoms with Crippen LogP contribution in [0.2, 0.25) is 5.02 Å². The molecule has 3 heteroatoms. The molecule has 0 aliphatic heterocycles. The third kappa shape index (κ3) is 4.38. The largest absolute Gasteiger partial charge is 0.310 e. The van der Waals surface area contributed by atoms with Crippen LogP contribution in [-0.4, -0.2) is 6.54 Å². The summed E-state index contributed by atoms with van der Waals surface area (Å²) in [5.41, 5.74) is 0.830. The minimum Gasteiger partial charge on any atom is -0.310 e. The van der Waals surface area contributed by atoms with Gasteiger partial charge < -0.3 is 5.32 Å². The highest BCUT2D eigenvalue weighted by molar-refractivity contribution is 6.31. The van der Waals surface area contributed by atoms with Crippen molar-refractivity contribution >= 4 is 11.6 Å². The molecule has 2 nitrogen and oxygen atoms in total. The van der Waals surface area contributed by atoms with Gasteiger partial charge >= 0.3 is 0 Å². The maximum absolute atomic E-state index is 8.92. The van der Waals surface area contributed by atoms with Crippen LogP contribution >= 0.6 is 11.6 Å². The molecule has 0 amide bonds. The molecule has 0 saturated carbocycles. The maximum Gasteiger partial charge on any atom is 0.0684 e. The molecule has 0 aliphatic carbocycles. The number of halogens is 1. The number of rotatable bonds is 5. The highest BCUT2D eigenvalue weighted by atomic mass is 35.5. The van der Waals surface area contributed by atoms with Crippen molar-refractivity contribution in [2.75, 3.05) is 6.54 Å². The summed E-state index contributed by atoms with van der Waals surface area (Å²) in [4.78, 5) is 0. The van der Waals surface area contributed by atoms with Gasteiger partial charge in [0.1, 0.15) is 0 Å². The first-order chi connectivity index (χ1) is 7.96. The average Bonchev–Trinajstić information content (AvgIpc) is 2.29. The Hall–Kier alpha value is -1.04. The second kappa shape index (κ2) is 6.05. The van der Waals surface area contributed by atoms with Crippen LogP contribution in [0.15, 0.2) is 24.3 Å². The Kier molecular flexibility index (Phi) is 4.99. The third-order valence-corrected chi connectivity index (χ3v) is 3.22. The zero-order valence-electron chi connectivity index (χ0n) is 10.6. The molecular formula is C14H19ClN2. The lowest BCUT2D eigenvalue weighted by atomic mass is 9.91. The number of hydrogen-bond acceptors (Lipinski definition) is 2. The quantitative estimate of drug-likeness (QED) is 0.860. The van der Waals surface area contributed by atoms with Crippen molar-refractivity contribution in [1.29, 1.82) is 5.26 Å². The van der Waals surface area contributed by atoms with Gasteiger partial charge in [-0.1, -0.05) is 29.8 Å². The molecule has 0 saturated heterocycles. The molecule has 0 fully saturated rings. The number of nitrogens with one attached hydrogen (secondary N) is 1. The molecule has 0 heterocycles. The molecule has 0 aromatic heterocycles. The minimum atomic E-state index is -0.271. The van der Waals surface area contributed by atoms with E-state index in [1.54, 1.807) is 0 Å². The van der Waals surface area contributed by atoms with E-state index in [2.05, 4.69) is 18.3 Å². The Morgan fingerprint density at radius 3 is 2.65 bits per heavy atom. The van der Waals surface area contributed by atoms with Crippen LogP contribution in [0.3, 0.4) is 0 Å². The van der Waals surface area contributed by atoms with Crippen LogP contribution in [-0.2, 0) is 0 Å². The monoisotopic (exact) mass is 250 g/mol. The summed E-state index contributed by atoms with van der Waals surface area (Å²) >= 11 is 6.12. The molecule has 0 spiro atoms. The minimum absolute atomic E-state index is 0.207. The summed E-state index contributed by atoms with van der Waals surface area (Å²) in [7, 11) is 0. The molecule has 1 unspecified atom stereocenters. The van der Waals surface area contributed by atoms with Crippen molar-refractivity contribution in [3.05, 3.63) is 34.9 Å². The first-order valence-electron chi connectivity index (χ1n) is 5.85. The predicted molar refractivity (Wildman–Crippen MR) is 71.9 cm³/mol. The van der Waals surface area contributed by atoms with Gasteiger partial charge in [0, 0.05) is 11.1 Å². The van der Waals surface area contributed by atoms with Crippen molar-refractivity contribution in [3.8, 4) is 6.07 Å². The van der Waals surface area contributed by atoms with Gasteiger partial charge in [0.05, 0.1) is 11.5 Å². The van der Waals surface area contributed by atoms with Gasteiger partial charge in [-0.05, 0) is 45.4 Å². The van der Waals surface area contributed by atoms with Crippen molar-refractivity contribution in [2.24, 2.45) is 5.41 Å². The van der Waals surface area contributed by atoms with Gasteiger partial charge in [-0.3, -0.25) is 0 Å². The van der Waals surface area contributed by atoms with E-state index in [1.165, 1.54) is 0 Å². The summed E-state index contributed by atoms with van der Waals surface area (Å²) in [5, 5.41) is 13.1. The van der Waals surface area contributed by atoms with Gasteiger partial charge in [-0.15, -0.1) is 0 Å². The second-order valence-electron chi connectivity index (χ2n) is 4.94.